The van der Waals surface area contributed by atoms with Crippen molar-refractivity contribution >= 4 is 0 Å². The predicted octanol–water partition coefficient (Wildman–Crippen LogP) is 2.61. The number of halogens is 1. The van der Waals surface area contributed by atoms with Gasteiger partial charge in [0.15, 0.2) is 0 Å². The second kappa shape index (κ2) is 6.18. The molecular weight excluding hydrogens is 269 g/mol. The Kier molecular flexibility index (Phi) is 4.10. The lowest BCUT2D eigenvalue weighted by Crippen LogP contribution is -2.20. The van der Waals surface area contributed by atoms with Crippen molar-refractivity contribution in [2.75, 3.05) is 20.2 Å². The van der Waals surface area contributed by atoms with Crippen molar-refractivity contribution in [3.63, 3.8) is 0 Å². The summed E-state index contributed by atoms with van der Waals surface area (Å²) in [4.78, 5) is 10.6. The van der Waals surface area contributed by atoms with E-state index in [4.69, 9.17) is 4.74 Å². The molecule has 1 aromatic carbocycles. The number of methoxy groups -OCH3 is 1. The third-order valence-electron chi connectivity index (χ3n) is 3.88. The molecule has 1 atom stereocenters. The molecule has 1 aliphatic rings. The lowest BCUT2D eigenvalue weighted by molar-refractivity contribution is 0.324. The number of rotatable bonds is 4. The van der Waals surface area contributed by atoms with Gasteiger partial charge in [0.25, 0.3) is 0 Å². The number of hydrogen-bond acceptors (Lipinski definition) is 4. The van der Waals surface area contributed by atoms with Gasteiger partial charge in [0.1, 0.15) is 5.82 Å². The van der Waals surface area contributed by atoms with E-state index in [9.17, 15) is 4.39 Å². The maximum atomic E-state index is 13.0. The molecule has 0 N–H and O–H groups in total. The quantitative estimate of drug-likeness (QED) is 0.866. The zero-order valence-corrected chi connectivity index (χ0v) is 12.0. The van der Waals surface area contributed by atoms with Crippen LogP contribution in [0.4, 0.5) is 4.39 Å². The minimum atomic E-state index is -0.177. The van der Waals surface area contributed by atoms with Crippen LogP contribution < -0.4 is 4.74 Å². The molecule has 1 unspecified atom stereocenters. The molecule has 0 saturated carbocycles. The van der Waals surface area contributed by atoms with Gasteiger partial charge in [-0.1, -0.05) is 12.1 Å². The molecule has 0 aliphatic carbocycles. The van der Waals surface area contributed by atoms with Crippen molar-refractivity contribution in [1.29, 1.82) is 0 Å². The minimum absolute atomic E-state index is 0.177. The van der Waals surface area contributed by atoms with Crippen LogP contribution in [0.3, 0.4) is 0 Å². The third-order valence-corrected chi connectivity index (χ3v) is 3.88. The van der Waals surface area contributed by atoms with Crippen molar-refractivity contribution in [3.05, 3.63) is 53.6 Å². The zero-order chi connectivity index (χ0) is 14.7. The lowest BCUT2D eigenvalue weighted by atomic mass is 9.99. The van der Waals surface area contributed by atoms with E-state index in [0.717, 1.165) is 31.6 Å². The van der Waals surface area contributed by atoms with Crippen LogP contribution in [0.15, 0.2) is 36.7 Å². The first-order valence-corrected chi connectivity index (χ1v) is 7.07. The molecule has 4 nitrogen and oxygen atoms in total. The Morgan fingerprint density at radius 3 is 2.62 bits per heavy atom. The van der Waals surface area contributed by atoms with Gasteiger partial charge in [0.2, 0.25) is 0 Å². The zero-order valence-electron chi connectivity index (χ0n) is 12.0. The highest BCUT2D eigenvalue weighted by atomic mass is 19.1. The number of nitrogens with zero attached hydrogens (tertiary/aromatic N) is 3. The molecule has 0 amide bonds. The van der Waals surface area contributed by atoms with Gasteiger partial charge in [-0.3, -0.25) is 4.90 Å². The highest BCUT2D eigenvalue weighted by Crippen LogP contribution is 2.28. The third kappa shape index (κ3) is 3.36. The van der Waals surface area contributed by atoms with E-state index in [1.165, 1.54) is 17.7 Å². The SMILES string of the molecule is COc1ncc(CN2CCC(c3ccc(F)cc3)C2)cn1. The van der Waals surface area contributed by atoms with Crippen molar-refractivity contribution < 1.29 is 9.13 Å². The van der Waals surface area contributed by atoms with Crippen LogP contribution >= 0.6 is 0 Å². The molecule has 3 rings (SSSR count). The van der Waals surface area contributed by atoms with E-state index >= 15 is 0 Å². The van der Waals surface area contributed by atoms with Gasteiger partial charge in [0, 0.05) is 31.0 Å². The molecule has 1 aromatic heterocycles. The molecule has 2 aromatic rings. The summed E-state index contributed by atoms with van der Waals surface area (Å²) in [6.45, 7) is 2.85. The monoisotopic (exact) mass is 287 g/mol. The largest absolute Gasteiger partial charge is 0.467 e. The summed E-state index contributed by atoms with van der Waals surface area (Å²) < 4.78 is 17.9. The molecule has 2 heterocycles. The van der Waals surface area contributed by atoms with Gasteiger partial charge in [0.05, 0.1) is 7.11 Å². The molecule has 5 heteroatoms. The second-order valence-electron chi connectivity index (χ2n) is 5.35. The first-order chi connectivity index (χ1) is 10.2. The summed E-state index contributed by atoms with van der Waals surface area (Å²) in [5.74, 6) is 0.300. The van der Waals surface area contributed by atoms with Gasteiger partial charge < -0.3 is 4.74 Å². The lowest BCUT2D eigenvalue weighted by Gasteiger charge is -2.16. The summed E-state index contributed by atoms with van der Waals surface area (Å²) in [5, 5.41) is 0. The minimum Gasteiger partial charge on any atom is -0.467 e. The van der Waals surface area contributed by atoms with Crippen LogP contribution in [0.2, 0.25) is 0 Å². The van der Waals surface area contributed by atoms with Gasteiger partial charge in [-0.2, -0.15) is 0 Å². The van der Waals surface area contributed by atoms with Crippen molar-refractivity contribution in [3.8, 4) is 6.01 Å². The molecule has 1 saturated heterocycles. The maximum absolute atomic E-state index is 13.0. The number of ether oxygens (including phenoxy) is 1. The molecule has 0 spiro atoms. The average molecular weight is 287 g/mol. The molecule has 1 aliphatic heterocycles. The van der Waals surface area contributed by atoms with Crippen molar-refractivity contribution in [2.24, 2.45) is 0 Å². The summed E-state index contributed by atoms with van der Waals surface area (Å²) in [6, 6.07) is 7.24. The van der Waals surface area contributed by atoms with E-state index < -0.39 is 0 Å². The highest BCUT2D eigenvalue weighted by Gasteiger charge is 2.23. The Balaban J connectivity index is 1.60. The van der Waals surface area contributed by atoms with Gasteiger partial charge >= 0.3 is 6.01 Å². The first-order valence-electron chi connectivity index (χ1n) is 7.07. The first kappa shape index (κ1) is 13.9. The normalized spacial score (nSPS) is 18.9. The Labute approximate surface area is 123 Å². The topological polar surface area (TPSA) is 38.2 Å². The van der Waals surface area contributed by atoms with Crippen LogP contribution in [0.1, 0.15) is 23.5 Å². The number of hydrogen-bond donors (Lipinski definition) is 0. The Hall–Kier alpha value is -2.01. The Morgan fingerprint density at radius 1 is 1.24 bits per heavy atom. The van der Waals surface area contributed by atoms with Gasteiger partial charge in [-0.25, -0.2) is 14.4 Å². The van der Waals surface area contributed by atoms with Crippen molar-refractivity contribution in [2.45, 2.75) is 18.9 Å². The standard InChI is InChI=1S/C16H18FN3O/c1-21-16-18-8-12(9-19-16)10-20-7-6-14(11-20)13-2-4-15(17)5-3-13/h2-5,8-9,14H,6-7,10-11H2,1H3. The number of benzene rings is 1. The van der Waals surface area contributed by atoms with Gasteiger partial charge in [-0.05, 0) is 36.6 Å². The second-order valence-corrected chi connectivity index (χ2v) is 5.35. The van der Waals surface area contributed by atoms with Crippen LogP contribution in [-0.4, -0.2) is 35.1 Å². The molecule has 0 bridgehead atoms. The molecule has 1 fully saturated rings. The molecular formula is C16H18FN3O. The maximum Gasteiger partial charge on any atom is 0.316 e. The van der Waals surface area contributed by atoms with Crippen molar-refractivity contribution in [1.82, 2.24) is 14.9 Å². The van der Waals surface area contributed by atoms with Crippen LogP contribution in [0.5, 0.6) is 6.01 Å². The summed E-state index contributed by atoms with van der Waals surface area (Å²) in [7, 11) is 1.56. The summed E-state index contributed by atoms with van der Waals surface area (Å²) >= 11 is 0. The Morgan fingerprint density at radius 2 is 1.95 bits per heavy atom. The summed E-state index contributed by atoms with van der Waals surface area (Å²) in [5.41, 5.74) is 2.29. The van der Waals surface area contributed by atoms with E-state index in [1.54, 1.807) is 19.5 Å². The van der Waals surface area contributed by atoms with Crippen LogP contribution in [-0.2, 0) is 6.54 Å². The molecule has 21 heavy (non-hydrogen) atoms. The average Bonchev–Trinajstić information content (AvgIpc) is 2.97. The smallest absolute Gasteiger partial charge is 0.316 e. The van der Waals surface area contributed by atoms with E-state index in [0.29, 0.717) is 11.9 Å². The van der Waals surface area contributed by atoms with Crippen LogP contribution in [0.25, 0.3) is 0 Å². The van der Waals surface area contributed by atoms with Gasteiger partial charge in [-0.15, -0.1) is 0 Å². The van der Waals surface area contributed by atoms with Crippen LogP contribution in [0, 0.1) is 5.82 Å². The van der Waals surface area contributed by atoms with E-state index in [-0.39, 0.29) is 5.82 Å². The number of aromatic nitrogens is 2. The Bertz CT molecular complexity index is 585. The van der Waals surface area contributed by atoms with E-state index in [2.05, 4.69) is 14.9 Å². The van der Waals surface area contributed by atoms with E-state index in [1.807, 2.05) is 12.1 Å². The molecule has 0 radical (unpaired) electrons. The highest BCUT2D eigenvalue weighted by molar-refractivity contribution is 5.22. The fraction of sp³-hybridized carbons (Fsp3) is 0.375. The predicted molar refractivity (Wildman–Crippen MR) is 77.6 cm³/mol. The molecule has 110 valence electrons. The summed E-state index contributed by atoms with van der Waals surface area (Å²) in [6.07, 6.45) is 4.71. The number of likely N-dealkylation sites (tertiary alicyclic amines) is 1. The fourth-order valence-corrected chi connectivity index (χ4v) is 2.77. The fourth-order valence-electron chi connectivity index (χ4n) is 2.77.